The Morgan fingerprint density at radius 3 is 1.39 bits per heavy atom. The van der Waals surface area contributed by atoms with Crippen LogP contribution in [0.25, 0.3) is 44.4 Å². The molecule has 6 heterocycles. The van der Waals surface area contributed by atoms with Gasteiger partial charge in [-0.05, 0) is 94.8 Å². The van der Waals surface area contributed by atoms with E-state index in [0.717, 1.165) is 33.5 Å². The molecule has 0 amide bonds. The molecule has 4 aromatic carbocycles. The van der Waals surface area contributed by atoms with E-state index in [-0.39, 0.29) is 62.0 Å². The maximum absolute atomic E-state index is 12.1. The van der Waals surface area contributed by atoms with E-state index in [1.165, 1.54) is 35.4 Å². The highest BCUT2D eigenvalue weighted by atomic mass is 35.5. The molecule has 0 spiro atoms. The number of nitrogens with one attached hydrogen (secondary N) is 1. The van der Waals surface area contributed by atoms with E-state index in [9.17, 15) is 28.8 Å². The number of aromatic amines is 1. The summed E-state index contributed by atoms with van der Waals surface area (Å²) in [4.78, 5) is 87.0. The summed E-state index contributed by atoms with van der Waals surface area (Å²) in [6.45, 7) is 9.53. The first-order valence-corrected chi connectivity index (χ1v) is 27.6. The summed E-state index contributed by atoms with van der Waals surface area (Å²) >= 11 is 28.4. The molecule has 0 bridgehead atoms. The molecular formula is C60H51Cl5N6O13S. The average molecular weight is 1270 g/mol. The van der Waals surface area contributed by atoms with Gasteiger partial charge in [0.15, 0.2) is 11.6 Å². The average Bonchev–Trinajstić information content (AvgIpc) is 2.68. The van der Waals surface area contributed by atoms with Gasteiger partial charge in [-0.2, -0.15) is 8.42 Å². The number of H-pyrrole nitrogens is 1. The fourth-order valence-electron chi connectivity index (χ4n) is 7.06. The normalized spacial score (nSPS) is 10.3. The van der Waals surface area contributed by atoms with Gasteiger partial charge in [-0.3, -0.25) is 23.5 Å². The number of ketones is 2. The van der Waals surface area contributed by atoms with E-state index in [2.05, 4.69) is 24.9 Å². The topological polar surface area (TPSA) is 333 Å². The first kappa shape index (κ1) is 69.0. The number of hydrogen-bond acceptors (Lipinski definition) is 14. The molecule has 25 heteroatoms. The molecule has 0 fully saturated rings. The summed E-state index contributed by atoms with van der Waals surface area (Å²) in [5.41, 5.74) is 9.10. The molecule has 6 aromatic heterocycles. The number of nitrogens with zero attached hydrogens (tertiary/aromatic N) is 4. The van der Waals surface area contributed by atoms with E-state index in [4.69, 9.17) is 90.2 Å². The van der Waals surface area contributed by atoms with Crippen molar-refractivity contribution >= 4 is 114 Å². The Labute approximate surface area is 511 Å². The highest BCUT2D eigenvalue weighted by Crippen LogP contribution is 2.24. The number of carbonyl (C=O) groups is 4. The van der Waals surface area contributed by atoms with Gasteiger partial charge in [0.05, 0.1) is 50.7 Å². The van der Waals surface area contributed by atoms with Gasteiger partial charge in [-0.15, -0.1) is 0 Å². The van der Waals surface area contributed by atoms with Crippen molar-refractivity contribution in [2.45, 2.75) is 41.0 Å². The molecule has 0 aliphatic carbocycles. The Bertz CT molecular complexity index is 4100. The molecule has 0 aliphatic rings. The molecule has 0 saturated carbocycles. The lowest BCUT2D eigenvalue weighted by molar-refractivity contribution is 0.0684. The number of benzene rings is 4. The number of Topliss-reactive ketones (excluding diaryl/α,β-unsaturated/α-hetero) is 2. The van der Waals surface area contributed by atoms with Crippen LogP contribution in [0.5, 0.6) is 0 Å². The van der Waals surface area contributed by atoms with E-state index in [1.54, 1.807) is 49.4 Å². The standard InChI is InChI=1S/C15H11ClN2O.C15H12ClNO3.C15H10ClNO2.C9H10O.C6H3Cl2NO2.H3N.H2O4S/c1-9-2-4-10(5-3-9)12-8-13-11(15(19)18-12)6-7-14(16)17-13;1-9-2-4-10(5-3-9)13(18)8-12-11(15(19)20)6-7-14(16)17-12;1-9-2-4-10(5-3-9)13-8-12-11(15(18)19-13)6-7-14(16)17-12;1-7-3-5-9(6-4-7)8(2)10;7-4-2-1-3(6(10)11)5(8)9-4;;1-5(2,3)4/h2-8H,1H3,(H,18,19);2-7H,8H2,1H3,(H,19,20);2-8H,1H3;3-6H,1-2H3;1-2H,(H,10,11);1H3;(H2,1,2,3,4). The van der Waals surface area contributed by atoms with Gasteiger partial charge in [-0.25, -0.2) is 34.3 Å². The second-order valence-electron chi connectivity index (χ2n) is 17.8. The van der Waals surface area contributed by atoms with Crippen LogP contribution in [0.15, 0.2) is 172 Å². The highest BCUT2D eigenvalue weighted by Gasteiger charge is 2.17. The lowest BCUT2D eigenvalue weighted by Gasteiger charge is -2.05. The molecule has 0 aliphatic heterocycles. The van der Waals surface area contributed by atoms with Crippen LogP contribution in [0, 0.1) is 27.7 Å². The van der Waals surface area contributed by atoms with Crippen molar-refractivity contribution in [3.8, 4) is 22.6 Å². The number of carbonyl (C=O) groups excluding carboxylic acids is 2. The van der Waals surface area contributed by atoms with Gasteiger partial charge in [0.2, 0.25) is 0 Å². The third kappa shape index (κ3) is 22.2. The first-order chi connectivity index (χ1) is 39.5. The SMILES string of the molecule is CC(=O)c1ccc(C)cc1.Cc1ccc(-c2cc3nc(Cl)ccc3c(=O)[nH]2)cc1.Cc1ccc(-c2cc3nc(Cl)ccc3c(=O)o2)cc1.Cc1ccc(C(=O)Cc2nc(Cl)ccc2C(=O)O)cc1.N.O=C(O)c1ccc(Cl)nc1Cl.O=S(=O)(O)O. The molecule has 0 radical (unpaired) electrons. The van der Waals surface area contributed by atoms with Crippen LogP contribution in [0.3, 0.4) is 0 Å². The van der Waals surface area contributed by atoms with Crippen LogP contribution in [-0.2, 0) is 16.8 Å². The van der Waals surface area contributed by atoms with E-state index < -0.39 is 28.0 Å². The van der Waals surface area contributed by atoms with Gasteiger partial charge in [-0.1, -0.05) is 177 Å². The molecule has 10 aromatic rings. The van der Waals surface area contributed by atoms with Gasteiger partial charge in [0.1, 0.15) is 31.5 Å². The van der Waals surface area contributed by atoms with Crippen LogP contribution < -0.4 is 17.3 Å². The zero-order valence-corrected chi connectivity index (χ0v) is 50.1. The minimum atomic E-state index is -4.67. The Morgan fingerprint density at radius 2 is 0.918 bits per heavy atom. The molecule has 440 valence electrons. The maximum atomic E-state index is 12.1. The van der Waals surface area contributed by atoms with Gasteiger partial charge in [0, 0.05) is 22.8 Å². The summed E-state index contributed by atoms with van der Waals surface area (Å²) in [5, 5.41) is 19.5. The predicted octanol–water partition coefficient (Wildman–Crippen LogP) is 14.3. The Kier molecular flexibility index (Phi) is 25.9. The van der Waals surface area contributed by atoms with E-state index >= 15 is 0 Å². The van der Waals surface area contributed by atoms with E-state index in [0.29, 0.717) is 43.4 Å². The van der Waals surface area contributed by atoms with Gasteiger partial charge in [0.25, 0.3) is 5.56 Å². The number of hydrogen-bond donors (Lipinski definition) is 6. The van der Waals surface area contributed by atoms with Crippen molar-refractivity contribution in [1.82, 2.24) is 31.1 Å². The van der Waals surface area contributed by atoms with Crippen molar-refractivity contribution in [1.29, 1.82) is 0 Å². The molecule has 0 atom stereocenters. The molecular weight excluding hydrogens is 1220 g/mol. The first-order valence-electron chi connectivity index (χ1n) is 24.3. The van der Waals surface area contributed by atoms with Crippen molar-refractivity contribution in [2.75, 3.05) is 0 Å². The zero-order valence-electron chi connectivity index (χ0n) is 45.5. The van der Waals surface area contributed by atoms with Crippen molar-refractivity contribution in [3.05, 3.63) is 254 Å². The summed E-state index contributed by atoms with van der Waals surface area (Å²) < 4.78 is 36.9. The largest absolute Gasteiger partial charge is 0.478 e. The quantitative estimate of drug-likeness (QED) is 0.0467. The van der Waals surface area contributed by atoms with Crippen LogP contribution in [0.1, 0.15) is 76.3 Å². The van der Waals surface area contributed by atoms with Crippen LogP contribution in [0.4, 0.5) is 0 Å². The Balaban J connectivity index is 0.000000227. The molecule has 8 N–H and O–H groups in total. The monoisotopic (exact) mass is 1270 g/mol. The summed E-state index contributed by atoms with van der Waals surface area (Å²) in [5.74, 6) is -1.81. The summed E-state index contributed by atoms with van der Waals surface area (Å²) in [7, 11) is -4.67. The summed E-state index contributed by atoms with van der Waals surface area (Å²) in [6.07, 6.45) is -0.0920. The minimum absolute atomic E-state index is 0. The lowest BCUT2D eigenvalue weighted by Crippen LogP contribution is -2.11. The fourth-order valence-corrected chi connectivity index (χ4v) is 7.96. The van der Waals surface area contributed by atoms with Crippen molar-refractivity contribution in [3.63, 3.8) is 0 Å². The van der Waals surface area contributed by atoms with Gasteiger partial charge >= 0.3 is 28.0 Å². The Morgan fingerprint density at radius 1 is 0.518 bits per heavy atom. The number of aromatic nitrogens is 5. The maximum Gasteiger partial charge on any atom is 0.394 e. The van der Waals surface area contributed by atoms with Crippen LogP contribution in [-0.4, -0.2) is 76.2 Å². The second-order valence-corrected chi connectivity index (χ2v) is 20.6. The third-order valence-corrected chi connectivity index (χ3v) is 12.4. The smallest absolute Gasteiger partial charge is 0.394 e. The number of pyridine rings is 5. The van der Waals surface area contributed by atoms with E-state index in [1.807, 2.05) is 119 Å². The molecule has 19 nitrogen and oxygen atoms in total. The number of carboxylic acid groups (broad SMARTS) is 2. The zero-order chi connectivity index (χ0) is 62.0. The number of fused-ring (bicyclic) bond motifs is 2. The molecule has 10 rings (SSSR count). The molecule has 85 heavy (non-hydrogen) atoms. The third-order valence-electron chi connectivity index (χ3n) is 11.3. The Hall–Kier alpha value is -8.54. The highest BCUT2D eigenvalue weighted by molar-refractivity contribution is 7.79. The van der Waals surface area contributed by atoms with Crippen LogP contribution in [0.2, 0.25) is 25.8 Å². The number of aromatic carboxylic acids is 2. The minimum Gasteiger partial charge on any atom is -0.478 e. The van der Waals surface area contributed by atoms with Crippen LogP contribution >= 0.6 is 58.0 Å². The van der Waals surface area contributed by atoms with Crippen molar-refractivity contribution < 1.29 is 51.3 Å². The number of aryl methyl sites for hydroxylation is 4. The number of carboxylic acids is 2. The lowest BCUT2D eigenvalue weighted by atomic mass is 10.0. The fraction of sp³-hybridized carbons (Fsp3) is 0.100. The van der Waals surface area contributed by atoms with Crippen molar-refractivity contribution in [2.24, 2.45) is 0 Å². The summed E-state index contributed by atoms with van der Waals surface area (Å²) in [6, 6.07) is 45.8. The molecule has 0 unspecified atom stereocenters. The van der Waals surface area contributed by atoms with Gasteiger partial charge < -0.3 is 25.8 Å². The number of halogens is 5. The number of rotatable bonds is 8. The predicted molar refractivity (Wildman–Crippen MR) is 330 cm³/mol. The second kappa shape index (κ2) is 31.9. The molecule has 0 saturated heterocycles.